The number of aromatic nitrogens is 1. The Labute approximate surface area is 178 Å². The molecule has 1 fully saturated rings. The number of piperidine rings is 1. The Bertz CT molecular complexity index is 1070. The summed E-state index contributed by atoms with van der Waals surface area (Å²) >= 11 is 0. The second kappa shape index (κ2) is 9.29. The van der Waals surface area contributed by atoms with E-state index in [4.69, 9.17) is 4.74 Å². The van der Waals surface area contributed by atoms with Gasteiger partial charge in [0.2, 0.25) is 0 Å². The zero-order valence-corrected chi connectivity index (χ0v) is 17.6. The van der Waals surface area contributed by atoms with E-state index in [1.165, 1.54) is 12.3 Å². The van der Waals surface area contributed by atoms with Gasteiger partial charge < -0.3 is 14.7 Å². The summed E-state index contributed by atoms with van der Waals surface area (Å²) in [5.74, 6) is -2.46. The number of carboxylic acids is 1. The number of pyridine rings is 1. The average Bonchev–Trinajstić information content (AvgIpc) is 2.74. The first-order valence-corrected chi connectivity index (χ1v) is 11.1. The molecule has 1 aliphatic heterocycles. The second-order valence-electron chi connectivity index (χ2n) is 7.00. The fourth-order valence-corrected chi connectivity index (χ4v) is 4.41. The number of carboxylic acid groups (broad SMARTS) is 1. The van der Waals surface area contributed by atoms with E-state index in [2.05, 4.69) is 9.71 Å². The lowest BCUT2D eigenvalue weighted by atomic mass is 9.98. The number of benzene rings is 1. The van der Waals surface area contributed by atoms with Crippen LogP contribution in [0.25, 0.3) is 0 Å². The molecule has 31 heavy (non-hydrogen) atoms. The van der Waals surface area contributed by atoms with Gasteiger partial charge in [0.25, 0.3) is 10.0 Å². The van der Waals surface area contributed by atoms with E-state index in [0.717, 1.165) is 24.3 Å². The molecule has 1 atom stereocenters. The van der Waals surface area contributed by atoms with Gasteiger partial charge in [-0.1, -0.05) is 0 Å². The summed E-state index contributed by atoms with van der Waals surface area (Å²) in [5, 5.41) is 9.65. The highest BCUT2D eigenvalue weighted by Crippen LogP contribution is 2.28. The van der Waals surface area contributed by atoms with Gasteiger partial charge in [0.1, 0.15) is 17.2 Å². The van der Waals surface area contributed by atoms with Crippen molar-refractivity contribution in [2.24, 2.45) is 5.92 Å². The Morgan fingerprint density at radius 1 is 1.32 bits per heavy atom. The van der Waals surface area contributed by atoms with Crippen molar-refractivity contribution in [1.82, 2.24) is 4.98 Å². The van der Waals surface area contributed by atoms with Gasteiger partial charge in [-0.15, -0.1) is 0 Å². The molecule has 2 N–H and O–H groups in total. The Morgan fingerprint density at radius 2 is 2.03 bits per heavy atom. The minimum atomic E-state index is -4.06. The zero-order valence-electron chi connectivity index (χ0n) is 16.7. The maximum absolute atomic E-state index is 13.1. The van der Waals surface area contributed by atoms with E-state index in [9.17, 15) is 27.5 Å². The summed E-state index contributed by atoms with van der Waals surface area (Å²) in [6.45, 7) is 2.74. The van der Waals surface area contributed by atoms with Crippen LogP contribution in [0.15, 0.2) is 41.4 Å². The molecule has 1 aliphatic rings. The highest BCUT2D eigenvalue weighted by atomic mass is 32.2. The van der Waals surface area contributed by atoms with Crippen LogP contribution in [0.5, 0.6) is 0 Å². The van der Waals surface area contributed by atoms with E-state index in [1.807, 2.05) is 0 Å². The molecule has 3 rings (SSSR count). The molecule has 9 nitrogen and oxygen atoms in total. The minimum absolute atomic E-state index is 0.0515. The number of esters is 1. The SMILES string of the molecule is CCOC(=O)C1CCCN(c2ncc(NS(=O)(=O)c3ccc(F)cc3)cc2C(=O)O)C1. The molecular weight excluding hydrogens is 429 g/mol. The number of anilines is 2. The molecule has 1 aromatic carbocycles. The van der Waals surface area contributed by atoms with Crippen LogP contribution < -0.4 is 9.62 Å². The lowest BCUT2D eigenvalue weighted by molar-refractivity contribution is -0.148. The number of hydrogen-bond donors (Lipinski definition) is 2. The average molecular weight is 451 g/mol. The first-order chi connectivity index (χ1) is 14.7. The normalized spacial score (nSPS) is 16.6. The van der Waals surface area contributed by atoms with Crippen molar-refractivity contribution in [3.8, 4) is 0 Å². The van der Waals surface area contributed by atoms with Crippen molar-refractivity contribution in [3.05, 3.63) is 47.9 Å². The van der Waals surface area contributed by atoms with Crippen molar-refractivity contribution in [1.29, 1.82) is 0 Å². The molecule has 1 aromatic heterocycles. The molecule has 0 amide bonds. The summed E-state index contributed by atoms with van der Waals surface area (Å²) in [6, 6.07) is 5.38. The molecule has 166 valence electrons. The van der Waals surface area contributed by atoms with Crippen molar-refractivity contribution < 1.29 is 32.2 Å². The third-order valence-electron chi connectivity index (χ3n) is 4.81. The number of halogens is 1. The number of rotatable bonds is 7. The zero-order chi connectivity index (χ0) is 22.6. The number of nitrogens with one attached hydrogen (secondary N) is 1. The molecule has 0 aliphatic carbocycles. The molecule has 11 heteroatoms. The first-order valence-electron chi connectivity index (χ1n) is 9.64. The van der Waals surface area contributed by atoms with E-state index < -0.39 is 27.7 Å². The lowest BCUT2D eigenvalue weighted by Gasteiger charge is -2.33. The number of ether oxygens (including phenoxy) is 1. The molecule has 1 unspecified atom stereocenters. The number of carbonyl (C=O) groups excluding carboxylic acids is 1. The number of aromatic carboxylic acids is 1. The van der Waals surface area contributed by atoms with Gasteiger partial charge in [0, 0.05) is 13.1 Å². The predicted octanol–water partition coefficient (Wildman–Crippen LogP) is 2.50. The fourth-order valence-electron chi connectivity index (χ4n) is 3.37. The van der Waals surface area contributed by atoms with Crippen LogP contribution in [0.2, 0.25) is 0 Å². The van der Waals surface area contributed by atoms with Crippen LogP contribution in [0.3, 0.4) is 0 Å². The van der Waals surface area contributed by atoms with E-state index >= 15 is 0 Å². The number of carbonyl (C=O) groups is 2. The summed E-state index contributed by atoms with van der Waals surface area (Å²) in [5.41, 5.74) is -0.256. The van der Waals surface area contributed by atoms with E-state index in [1.54, 1.807) is 11.8 Å². The number of nitrogens with zero attached hydrogens (tertiary/aromatic N) is 2. The molecule has 0 saturated carbocycles. The summed E-state index contributed by atoms with van der Waals surface area (Å²) in [4.78, 5) is 29.6. The quantitative estimate of drug-likeness (QED) is 0.615. The van der Waals surface area contributed by atoms with Gasteiger partial charge in [-0.2, -0.15) is 0 Å². The third kappa shape index (κ3) is 5.29. The smallest absolute Gasteiger partial charge is 0.339 e. The van der Waals surface area contributed by atoms with Gasteiger partial charge in [-0.05, 0) is 50.1 Å². The predicted molar refractivity (Wildman–Crippen MR) is 110 cm³/mol. The molecule has 0 radical (unpaired) electrons. The summed E-state index contributed by atoms with van der Waals surface area (Å²) in [7, 11) is -4.06. The summed E-state index contributed by atoms with van der Waals surface area (Å²) in [6.07, 6.45) is 2.49. The van der Waals surface area contributed by atoms with Gasteiger partial charge in [0.15, 0.2) is 0 Å². The van der Waals surface area contributed by atoms with E-state index in [-0.39, 0.29) is 41.1 Å². The number of hydrogen-bond acceptors (Lipinski definition) is 7. The Kier molecular flexibility index (Phi) is 6.74. The Morgan fingerprint density at radius 3 is 2.68 bits per heavy atom. The first kappa shape index (κ1) is 22.5. The maximum atomic E-state index is 13.1. The highest BCUT2D eigenvalue weighted by molar-refractivity contribution is 7.92. The van der Waals surface area contributed by atoms with Gasteiger partial charge in [-0.3, -0.25) is 9.52 Å². The van der Waals surface area contributed by atoms with Crippen molar-refractivity contribution in [3.63, 3.8) is 0 Å². The minimum Gasteiger partial charge on any atom is -0.478 e. The lowest BCUT2D eigenvalue weighted by Crippen LogP contribution is -2.40. The van der Waals surface area contributed by atoms with Gasteiger partial charge >= 0.3 is 11.9 Å². The highest BCUT2D eigenvalue weighted by Gasteiger charge is 2.30. The molecule has 0 spiro atoms. The standard InChI is InChI=1S/C20H22FN3O6S/c1-2-30-20(27)13-4-3-9-24(12-13)18-17(19(25)26)10-15(11-22-18)23-31(28,29)16-7-5-14(21)6-8-16/h5-8,10-11,13,23H,2-4,9,12H2,1H3,(H,25,26). The van der Waals surface area contributed by atoms with Crippen LogP contribution in [-0.4, -0.2) is 50.1 Å². The Hall–Kier alpha value is -3.21. The van der Waals surface area contributed by atoms with Gasteiger partial charge in [-0.25, -0.2) is 22.6 Å². The van der Waals surface area contributed by atoms with Crippen molar-refractivity contribution in [2.75, 3.05) is 29.3 Å². The number of sulfonamides is 1. The molecule has 0 bridgehead atoms. The summed E-state index contributed by atoms with van der Waals surface area (Å²) < 4.78 is 45.4. The Balaban J connectivity index is 1.85. The molecule has 2 heterocycles. The maximum Gasteiger partial charge on any atom is 0.339 e. The molecular formula is C20H22FN3O6S. The van der Waals surface area contributed by atoms with Crippen LogP contribution in [0.4, 0.5) is 15.9 Å². The van der Waals surface area contributed by atoms with Crippen LogP contribution >= 0.6 is 0 Å². The molecule has 1 saturated heterocycles. The van der Waals surface area contributed by atoms with E-state index in [0.29, 0.717) is 19.4 Å². The molecule has 2 aromatic rings. The topological polar surface area (TPSA) is 126 Å². The largest absolute Gasteiger partial charge is 0.478 e. The third-order valence-corrected chi connectivity index (χ3v) is 6.21. The fraction of sp³-hybridized carbons (Fsp3) is 0.350. The van der Waals surface area contributed by atoms with Crippen LogP contribution in [-0.2, 0) is 19.6 Å². The monoisotopic (exact) mass is 451 g/mol. The van der Waals surface area contributed by atoms with Crippen molar-refractivity contribution >= 4 is 33.5 Å². The van der Waals surface area contributed by atoms with Crippen LogP contribution in [0, 0.1) is 11.7 Å². The van der Waals surface area contributed by atoms with Crippen molar-refractivity contribution in [2.45, 2.75) is 24.7 Å². The van der Waals surface area contributed by atoms with Gasteiger partial charge in [0.05, 0.1) is 29.3 Å². The van der Waals surface area contributed by atoms with Crippen LogP contribution in [0.1, 0.15) is 30.1 Å². The second-order valence-corrected chi connectivity index (χ2v) is 8.68.